The Labute approximate surface area is 186 Å². The van der Waals surface area contributed by atoms with Gasteiger partial charge in [0.15, 0.2) is 0 Å². The molecule has 0 spiro atoms. The van der Waals surface area contributed by atoms with Gasteiger partial charge in [0.1, 0.15) is 5.75 Å². The van der Waals surface area contributed by atoms with Crippen LogP contribution < -0.4 is 4.74 Å². The minimum atomic E-state index is -0.285. The van der Waals surface area contributed by atoms with Crippen LogP contribution in [0.5, 0.6) is 5.75 Å². The molecule has 31 heavy (non-hydrogen) atoms. The summed E-state index contributed by atoms with van der Waals surface area (Å²) in [5, 5.41) is 8.45. The van der Waals surface area contributed by atoms with Crippen LogP contribution in [-0.2, 0) is 9.53 Å². The molecule has 0 radical (unpaired) electrons. The number of hydrogen-bond donors (Lipinski definition) is 0. The van der Waals surface area contributed by atoms with Crippen molar-refractivity contribution in [3.8, 4) is 5.75 Å². The fourth-order valence-corrected chi connectivity index (χ4v) is 2.96. The van der Waals surface area contributed by atoms with Crippen LogP contribution in [0.4, 0.5) is 11.4 Å². The third kappa shape index (κ3) is 11.1. The Morgan fingerprint density at radius 1 is 0.742 bits per heavy atom. The summed E-state index contributed by atoms with van der Waals surface area (Å²) in [6.07, 6.45) is 9.17. The van der Waals surface area contributed by atoms with Crippen LogP contribution in [0, 0.1) is 0 Å². The van der Waals surface area contributed by atoms with Crippen molar-refractivity contribution in [3.05, 3.63) is 66.7 Å². The second-order valence-corrected chi connectivity index (χ2v) is 7.62. The number of nitrogens with zero attached hydrogens (tertiary/aromatic N) is 2. The Morgan fingerprint density at radius 3 is 1.84 bits per heavy atom. The molecular weight excluding hydrogens is 388 g/mol. The minimum Gasteiger partial charge on any atom is -0.494 e. The SMILES string of the molecule is C=C(C)C(=O)OCCCCCCCCCCOc1ccc(N=Nc2ccccc2)cc1. The molecule has 0 unspecified atom stereocenters. The Balaban J connectivity index is 1.45. The number of azo groups is 1. The van der Waals surface area contributed by atoms with Gasteiger partial charge in [-0.1, -0.05) is 63.3 Å². The number of unbranched alkanes of at least 4 members (excludes halogenated alkanes) is 7. The summed E-state index contributed by atoms with van der Waals surface area (Å²) in [5.41, 5.74) is 2.11. The highest BCUT2D eigenvalue weighted by molar-refractivity contribution is 5.86. The van der Waals surface area contributed by atoms with E-state index in [4.69, 9.17) is 9.47 Å². The number of carbonyl (C=O) groups excluding carboxylic acids is 1. The van der Waals surface area contributed by atoms with Gasteiger partial charge in [-0.15, -0.1) is 0 Å². The van der Waals surface area contributed by atoms with Crippen LogP contribution in [0.2, 0.25) is 0 Å². The van der Waals surface area contributed by atoms with Gasteiger partial charge in [0, 0.05) is 5.57 Å². The Morgan fingerprint density at radius 2 is 1.26 bits per heavy atom. The lowest BCUT2D eigenvalue weighted by atomic mass is 10.1. The highest BCUT2D eigenvalue weighted by atomic mass is 16.5. The molecule has 0 aromatic heterocycles. The van der Waals surface area contributed by atoms with Crippen LogP contribution in [0.15, 0.2) is 77.0 Å². The van der Waals surface area contributed by atoms with E-state index < -0.39 is 0 Å². The lowest BCUT2D eigenvalue weighted by molar-refractivity contribution is -0.139. The molecule has 0 aliphatic rings. The van der Waals surface area contributed by atoms with Gasteiger partial charge in [-0.05, 0) is 56.2 Å². The van der Waals surface area contributed by atoms with Gasteiger partial charge in [-0.3, -0.25) is 0 Å². The van der Waals surface area contributed by atoms with Crippen LogP contribution in [0.3, 0.4) is 0 Å². The van der Waals surface area contributed by atoms with E-state index >= 15 is 0 Å². The van der Waals surface area contributed by atoms with Crippen molar-refractivity contribution in [2.75, 3.05) is 13.2 Å². The standard InChI is InChI=1S/C26H34N2O3/c1-22(2)26(29)31-21-13-8-6-4-3-5-7-12-20-30-25-18-16-24(17-19-25)28-27-23-14-10-9-11-15-23/h9-11,14-19H,1,3-8,12-13,20-21H2,2H3. The largest absolute Gasteiger partial charge is 0.494 e. The van der Waals surface area contributed by atoms with Crippen molar-refractivity contribution < 1.29 is 14.3 Å². The minimum absolute atomic E-state index is 0.285. The zero-order chi connectivity index (χ0) is 22.2. The zero-order valence-electron chi connectivity index (χ0n) is 18.6. The van der Waals surface area contributed by atoms with Crippen molar-refractivity contribution >= 4 is 17.3 Å². The first-order valence-corrected chi connectivity index (χ1v) is 11.2. The first-order valence-electron chi connectivity index (χ1n) is 11.2. The lowest BCUT2D eigenvalue weighted by Crippen LogP contribution is -2.05. The smallest absolute Gasteiger partial charge is 0.333 e. The lowest BCUT2D eigenvalue weighted by Gasteiger charge is -2.06. The van der Waals surface area contributed by atoms with Gasteiger partial charge in [-0.2, -0.15) is 10.2 Å². The van der Waals surface area contributed by atoms with Gasteiger partial charge in [0.05, 0.1) is 24.6 Å². The van der Waals surface area contributed by atoms with E-state index in [1.54, 1.807) is 6.92 Å². The first-order chi connectivity index (χ1) is 15.1. The summed E-state index contributed by atoms with van der Waals surface area (Å²) in [6, 6.07) is 17.4. The molecule has 5 nitrogen and oxygen atoms in total. The van der Waals surface area contributed by atoms with Gasteiger partial charge in [0.2, 0.25) is 0 Å². The van der Waals surface area contributed by atoms with Crippen molar-refractivity contribution in [3.63, 3.8) is 0 Å². The molecule has 0 aliphatic heterocycles. The summed E-state index contributed by atoms with van der Waals surface area (Å²) in [5.74, 6) is 0.581. The molecule has 0 bridgehead atoms. The van der Waals surface area contributed by atoms with Crippen molar-refractivity contribution in [2.24, 2.45) is 10.2 Å². The Kier molecular flexibility index (Phi) is 11.7. The Bertz CT molecular complexity index is 801. The average Bonchev–Trinajstić information content (AvgIpc) is 2.79. The summed E-state index contributed by atoms with van der Waals surface area (Å²) in [4.78, 5) is 11.2. The van der Waals surface area contributed by atoms with E-state index in [-0.39, 0.29) is 5.97 Å². The quantitative estimate of drug-likeness (QED) is 0.128. The van der Waals surface area contributed by atoms with E-state index in [9.17, 15) is 4.79 Å². The monoisotopic (exact) mass is 422 g/mol. The average molecular weight is 423 g/mol. The molecule has 0 amide bonds. The highest BCUT2D eigenvalue weighted by Gasteiger charge is 2.01. The normalized spacial score (nSPS) is 10.9. The molecule has 5 heteroatoms. The summed E-state index contributed by atoms with van der Waals surface area (Å²) < 4.78 is 10.9. The van der Waals surface area contributed by atoms with Gasteiger partial charge in [0.25, 0.3) is 0 Å². The van der Waals surface area contributed by atoms with Gasteiger partial charge < -0.3 is 9.47 Å². The number of rotatable bonds is 15. The predicted molar refractivity (Wildman–Crippen MR) is 125 cm³/mol. The molecular formula is C26H34N2O3. The Hall–Kier alpha value is -2.95. The molecule has 0 heterocycles. The number of esters is 1. The fraction of sp³-hybridized carbons (Fsp3) is 0.423. The van der Waals surface area contributed by atoms with Crippen molar-refractivity contribution in [1.82, 2.24) is 0 Å². The number of carbonyl (C=O) groups is 1. The van der Waals surface area contributed by atoms with E-state index in [0.29, 0.717) is 12.2 Å². The van der Waals surface area contributed by atoms with E-state index in [1.165, 1.54) is 32.1 Å². The van der Waals surface area contributed by atoms with E-state index in [2.05, 4.69) is 16.8 Å². The maximum Gasteiger partial charge on any atom is 0.333 e. The third-order valence-corrected chi connectivity index (χ3v) is 4.76. The zero-order valence-corrected chi connectivity index (χ0v) is 18.6. The fourth-order valence-electron chi connectivity index (χ4n) is 2.96. The second kappa shape index (κ2) is 14.9. The molecule has 0 aliphatic carbocycles. The summed E-state index contributed by atoms with van der Waals surface area (Å²) in [6.45, 7) is 6.48. The van der Waals surface area contributed by atoms with E-state index in [0.717, 1.165) is 43.0 Å². The maximum atomic E-state index is 11.2. The number of benzene rings is 2. The first kappa shape index (κ1) is 24.3. The van der Waals surface area contributed by atoms with Crippen LogP contribution >= 0.6 is 0 Å². The molecule has 166 valence electrons. The molecule has 2 rings (SSSR count). The maximum absolute atomic E-state index is 11.2. The molecule has 2 aromatic rings. The molecule has 2 aromatic carbocycles. The van der Waals surface area contributed by atoms with Crippen LogP contribution in [0.1, 0.15) is 58.3 Å². The predicted octanol–water partition coefficient (Wildman–Crippen LogP) is 7.72. The molecule has 0 fully saturated rings. The van der Waals surface area contributed by atoms with Crippen molar-refractivity contribution in [1.29, 1.82) is 0 Å². The van der Waals surface area contributed by atoms with Gasteiger partial charge in [-0.25, -0.2) is 4.79 Å². The number of ether oxygens (including phenoxy) is 2. The third-order valence-electron chi connectivity index (χ3n) is 4.76. The summed E-state index contributed by atoms with van der Waals surface area (Å²) in [7, 11) is 0. The molecule has 0 atom stereocenters. The van der Waals surface area contributed by atoms with Crippen molar-refractivity contribution in [2.45, 2.75) is 58.3 Å². The molecule has 0 saturated heterocycles. The van der Waals surface area contributed by atoms with Gasteiger partial charge >= 0.3 is 5.97 Å². The molecule has 0 N–H and O–H groups in total. The van der Waals surface area contributed by atoms with Crippen LogP contribution in [-0.4, -0.2) is 19.2 Å². The second-order valence-electron chi connectivity index (χ2n) is 7.62. The number of hydrogen-bond acceptors (Lipinski definition) is 5. The topological polar surface area (TPSA) is 60.2 Å². The summed E-state index contributed by atoms with van der Waals surface area (Å²) >= 11 is 0. The molecule has 0 saturated carbocycles. The van der Waals surface area contributed by atoms with Crippen LogP contribution in [0.25, 0.3) is 0 Å². The van der Waals surface area contributed by atoms with E-state index in [1.807, 2.05) is 54.6 Å². The highest BCUT2D eigenvalue weighted by Crippen LogP contribution is 2.21.